The molecule has 2 nitrogen and oxygen atoms in total. The van der Waals surface area contributed by atoms with Gasteiger partial charge in [-0.3, -0.25) is 4.68 Å². The molecule has 2 heteroatoms. The lowest BCUT2D eigenvalue weighted by molar-refractivity contribution is 0.631. The highest BCUT2D eigenvalue weighted by atomic mass is 15.4. The molecule has 0 spiro atoms. The fourth-order valence-electron chi connectivity index (χ4n) is 1.38. The Bertz CT molecular complexity index is 192. The van der Waals surface area contributed by atoms with Crippen LogP contribution in [-0.4, -0.2) is 11.2 Å². The molecule has 0 aliphatic rings. The van der Waals surface area contributed by atoms with E-state index in [0.717, 1.165) is 6.54 Å². The molecule has 0 saturated carbocycles. The average molecular weight is 180 g/mol. The maximum atomic E-state index is 3.32. The Kier molecular flexibility index (Phi) is 5.14. The third-order valence-corrected chi connectivity index (χ3v) is 2.18. The number of hydrogen-bond donors (Lipinski definition) is 1. The molecule has 74 valence electrons. The normalized spacial score (nSPS) is 10.2. The molecule has 0 bridgehead atoms. The minimum Gasteiger partial charge on any atom is -0.326 e. The van der Waals surface area contributed by atoms with Gasteiger partial charge < -0.3 is 5.43 Å². The van der Waals surface area contributed by atoms with E-state index in [9.17, 15) is 0 Å². The fourth-order valence-corrected chi connectivity index (χ4v) is 1.38. The van der Waals surface area contributed by atoms with E-state index in [1.54, 1.807) is 0 Å². The lowest BCUT2D eigenvalue weighted by Crippen LogP contribution is -2.13. The summed E-state index contributed by atoms with van der Waals surface area (Å²) < 4.78 is 2.01. The quantitative estimate of drug-likeness (QED) is 0.638. The Labute approximate surface area is 80.9 Å². The Morgan fingerprint density at radius 2 is 1.69 bits per heavy atom. The highest BCUT2D eigenvalue weighted by Gasteiger charge is 1.88. The molecule has 1 rings (SSSR count). The van der Waals surface area contributed by atoms with Crippen molar-refractivity contribution >= 4 is 0 Å². The van der Waals surface area contributed by atoms with Gasteiger partial charge in [0.2, 0.25) is 0 Å². The predicted octanol–water partition coefficient (Wildman–Crippen LogP) is 3.00. The van der Waals surface area contributed by atoms with Crippen molar-refractivity contribution in [3.63, 3.8) is 0 Å². The van der Waals surface area contributed by atoms with Crippen molar-refractivity contribution < 1.29 is 0 Å². The molecule has 0 radical (unpaired) electrons. The van der Waals surface area contributed by atoms with Crippen molar-refractivity contribution in [1.82, 2.24) is 4.68 Å². The monoisotopic (exact) mass is 180 g/mol. The van der Waals surface area contributed by atoms with Crippen molar-refractivity contribution in [3.8, 4) is 0 Å². The highest BCUT2D eigenvalue weighted by Crippen LogP contribution is 2.01. The first-order valence-corrected chi connectivity index (χ1v) is 5.30. The molecule has 1 heterocycles. The number of nitrogens with one attached hydrogen (secondary N) is 1. The number of unbranched alkanes of at least 4 members (excludes halogenated alkanes) is 4. The van der Waals surface area contributed by atoms with Gasteiger partial charge >= 0.3 is 0 Å². The first-order valence-electron chi connectivity index (χ1n) is 5.30. The van der Waals surface area contributed by atoms with Crippen LogP contribution in [0, 0.1) is 0 Å². The van der Waals surface area contributed by atoms with E-state index < -0.39 is 0 Å². The largest absolute Gasteiger partial charge is 0.326 e. The van der Waals surface area contributed by atoms with Crippen LogP contribution in [0.1, 0.15) is 39.0 Å². The first-order chi connectivity index (χ1) is 6.43. The number of rotatable bonds is 7. The molecule has 0 unspecified atom stereocenters. The zero-order valence-corrected chi connectivity index (χ0v) is 8.50. The van der Waals surface area contributed by atoms with Gasteiger partial charge in [0.05, 0.1) is 0 Å². The van der Waals surface area contributed by atoms with Gasteiger partial charge in [0.15, 0.2) is 0 Å². The van der Waals surface area contributed by atoms with Gasteiger partial charge in [-0.25, -0.2) is 0 Å². The number of hydrogen-bond acceptors (Lipinski definition) is 1. The van der Waals surface area contributed by atoms with Crippen molar-refractivity contribution in [2.45, 2.75) is 39.0 Å². The lowest BCUT2D eigenvalue weighted by atomic mass is 10.2. The van der Waals surface area contributed by atoms with Crippen LogP contribution in [0.4, 0.5) is 0 Å². The SMILES string of the molecule is CCCCCCCNn1cccc1. The second-order valence-electron chi connectivity index (χ2n) is 3.41. The maximum Gasteiger partial charge on any atom is 0.0313 e. The summed E-state index contributed by atoms with van der Waals surface area (Å²) in [7, 11) is 0. The summed E-state index contributed by atoms with van der Waals surface area (Å²) in [6.07, 6.45) is 10.8. The van der Waals surface area contributed by atoms with Crippen molar-refractivity contribution in [1.29, 1.82) is 0 Å². The van der Waals surface area contributed by atoms with Crippen LogP contribution in [-0.2, 0) is 0 Å². The summed E-state index contributed by atoms with van der Waals surface area (Å²) in [5, 5.41) is 0. The fraction of sp³-hybridized carbons (Fsp3) is 0.636. The Morgan fingerprint density at radius 1 is 1.00 bits per heavy atom. The zero-order valence-electron chi connectivity index (χ0n) is 8.50. The Hall–Kier alpha value is -0.920. The molecular formula is C11H20N2. The summed E-state index contributed by atoms with van der Waals surface area (Å²) >= 11 is 0. The highest BCUT2D eigenvalue weighted by molar-refractivity contribution is 4.92. The van der Waals surface area contributed by atoms with Crippen LogP contribution in [0.15, 0.2) is 24.5 Å². The maximum absolute atomic E-state index is 3.32. The smallest absolute Gasteiger partial charge is 0.0313 e. The molecule has 0 aromatic carbocycles. The summed E-state index contributed by atoms with van der Waals surface area (Å²) in [5.41, 5.74) is 3.32. The van der Waals surface area contributed by atoms with E-state index >= 15 is 0 Å². The standard InChI is InChI=1S/C11H20N2/c1-2-3-4-5-6-9-12-13-10-7-8-11-13/h7-8,10-12H,2-6,9H2,1H3. The van der Waals surface area contributed by atoms with Crippen molar-refractivity contribution in [2.75, 3.05) is 12.0 Å². The average Bonchev–Trinajstić information content (AvgIpc) is 2.63. The van der Waals surface area contributed by atoms with Crippen LogP contribution in [0.5, 0.6) is 0 Å². The minimum atomic E-state index is 1.08. The minimum absolute atomic E-state index is 1.08. The van der Waals surface area contributed by atoms with Gasteiger partial charge in [-0.15, -0.1) is 0 Å². The summed E-state index contributed by atoms with van der Waals surface area (Å²) in [4.78, 5) is 0. The van der Waals surface area contributed by atoms with Crippen LogP contribution < -0.4 is 5.43 Å². The summed E-state index contributed by atoms with van der Waals surface area (Å²) in [6.45, 7) is 3.33. The second-order valence-corrected chi connectivity index (χ2v) is 3.41. The van der Waals surface area contributed by atoms with E-state index in [2.05, 4.69) is 12.3 Å². The van der Waals surface area contributed by atoms with Gasteiger partial charge in [-0.2, -0.15) is 0 Å². The number of nitrogens with zero attached hydrogens (tertiary/aromatic N) is 1. The van der Waals surface area contributed by atoms with Crippen LogP contribution in [0.2, 0.25) is 0 Å². The third-order valence-electron chi connectivity index (χ3n) is 2.18. The first kappa shape index (κ1) is 10.2. The van der Waals surface area contributed by atoms with Gasteiger partial charge in [0.25, 0.3) is 0 Å². The van der Waals surface area contributed by atoms with E-state index in [0.29, 0.717) is 0 Å². The molecule has 1 aromatic heterocycles. The number of aromatic nitrogens is 1. The third kappa shape index (κ3) is 4.61. The Balaban J connectivity index is 1.90. The molecule has 0 amide bonds. The molecule has 0 atom stereocenters. The van der Waals surface area contributed by atoms with Gasteiger partial charge in [-0.05, 0) is 18.6 Å². The van der Waals surface area contributed by atoms with Gasteiger partial charge in [0, 0.05) is 18.9 Å². The lowest BCUT2D eigenvalue weighted by Gasteiger charge is -2.06. The topological polar surface area (TPSA) is 17.0 Å². The van der Waals surface area contributed by atoms with Gasteiger partial charge in [-0.1, -0.05) is 32.6 Å². The van der Waals surface area contributed by atoms with Crippen LogP contribution in [0.3, 0.4) is 0 Å². The Morgan fingerprint density at radius 3 is 2.38 bits per heavy atom. The van der Waals surface area contributed by atoms with E-state index in [4.69, 9.17) is 0 Å². The van der Waals surface area contributed by atoms with E-state index in [1.165, 1.54) is 32.1 Å². The molecule has 1 N–H and O–H groups in total. The van der Waals surface area contributed by atoms with Gasteiger partial charge in [0.1, 0.15) is 0 Å². The molecule has 0 aliphatic heterocycles. The van der Waals surface area contributed by atoms with Crippen molar-refractivity contribution in [2.24, 2.45) is 0 Å². The van der Waals surface area contributed by atoms with E-state index in [1.807, 2.05) is 29.2 Å². The summed E-state index contributed by atoms with van der Waals surface area (Å²) in [6, 6.07) is 4.06. The van der Waals surface area contributed by atoms with Crippen LogP contribution >= 0.6 is 0 Å². The predicted molar refractivity (Wildman–Crippen MR) is 57.4 cm³/mol. The molecule has 0 aliphatic carbocycles. The summed E-state index contributed by atoms with van der Waals surface area (Å²) in [5.74, 6) is 0. The van der Waals surface area contributed by atoms with E-state index in [-0.39, 0.29) is 0 Å². The molecule has 0 saturated heterocycles. The molecular weight excluding hydrogens is 160 g/mol. The zero-order chi connectivity index (χ0) is 9.36. The van der Waals surface area contributed by atoms with Crippen LogP contribution in [0.25, 0.3) is 0 Å². The second kappa shape index (κ2) is 6.58. The molecule has 13 heavy (non-hydrogen) atoms. The molecule has 0 fully saturated rings. The molecule has 1 aromatic rings. The van der Waals surface area contributed by atoms with Crippen molar-refractivity contribution in [3.05, 3.63) is 24.5 Å².